The van der Waals surface area contributed by atoms with Crippen molar-refractivity contribution in [2.24, 2.45) is 0 Å². The largest absolute Gasteiger partial charge is 0.449 e. The first-order valence-corrected chi connectivity index (χ1v) is 8.93. The number of rotatable bonds is 4. The number of ether oxygens (including phenoxy) is 1. The Morgan fingerprint density at radius 3 is 2.83 bits per heavy atom. The van der Waals surface area contributed by atoms with E-state index in [1.165, 1.54) is 11.8 Å². The number of anilines is 1. The van der Waals surface area contributed by atoms with E-state index in [4.69, 9.17) is 4.74 Å². The van der Waals surface area contributed by atoms with E-state index in [-0.39, 0.29) is 5.91 Å². The van der Waals surface area contributed by atoms with Gasteiger partial charge in [0.05, 0.1) is 5.56 Å². The van der Waals surface area contributed by atoms with Gasteiger partial charge in [-0.2, -0.15) is 0 Å². The fraction of sp³-hybridized carbons (Fsp3) is 0.278. The number of para-hydroxylation sites is 1. The predicted octanol–water partition coefficient (Wildman–Crippen LogP) is 2.94. The van der Waals surface area contributed by atoms with Crippen LogP contribution in [0.1, 0.15) is 22.8 Å². The van der Waals surface area contributed by atoms with Crippen LogP contribution in [0.5, 0.6) is 0 Å². The van der Waals surface area contributed by atoms with Gasteiger partial charge in [0.2, 0.25) is 0 Å². The molecule has 2 heterocycles. The summed E-state index contributed by atoms with van der Waals surface area (Å²) in [5.41, 5.74) is 2.42. The Hall–Kier alpha value is -2.34. The van der Waals surface area contributed by atoms with Crippen LogP contribution < -0.4 is 4.90 Å². The summed E-state index contributed by atoms with van der Waals surface area (Å²) in [5.74, 6) is -0.733. The Bertz CT molecular complexity index is 778. The Morgan fingerprint density at radius 2 is 2.04 bits per heavy atom. The number of carbonyl (C=O) groups is 2. The molecule has 1 amide bonds. The molecule has 0 saturated carbocycles. The number of nitrogens with zero attached hydrogens (tertiary/aromatic N) is 2. The zero-order chi connectivity index (χ0) is 17.1. The van der Waals surface area contributed by atoms with E-state index in [0.717, 1.165) is 17.7 Å². The van der Waals surface area contributed by atoms with E-state index >= 15 is 0 Å². The van der Waals surface area contributed by atoms with Crippen LogP contribution >= 0.6 is 11.8 Å². The van der Waals surface area contributed by atoms with Crippen molar-refractivity contribution in [1.82, 2.24) is 4.98 Å². The van der Waals surface area contributed by atoms with Crippen molar-refractivity contribution < 1.29 is 14.3 Å². The molecule has 1 aliphatic rings. The third-order valence-corrected chi connectivity index (χ3v) is 4.68. The van der Waals surface area contributed by atoms with Crippen LogP contribution in [-0.4, -0.2) is 35.8 Å². The van der Waals surface area contributed by atoms with Crippen LogP contribution in [0.15, 0.2) is 47.6 Å². The van der Waals surface area contributed by atoms with Crippen LogP contribution in [0.3, 0.4) is 0 Å². The van der Waals surface area contributed by atoms with Crippen molar-refractivity contribution in [3.63, 3.8) is 0 Å². The van der Waals surface area contributed by atoms with Gasteiger partial charge < -0.3 is 9.64 Å². The molecule has 1 aromatic heterocycles. The molecule has 0 radical (unpaired) electrons. The Kier molecular flexibility index (Phi) is 4.85. The topological polar surface area (TPSA) is 59.5 Å². The lowest BCUT2D eigenvalue weighted by molar-refractivity contribution is -0.126. The highest BCUT2D eigenvalue weighted by molar-refractivity contribution is 7.98. The van der Waals surface area contributed by atoms with Gasteiger partial charge >= 0.3 is 5.97 Å². The van der Waals surface area contributed by atoms with Crippen molar-refractivity contribution in [3.8, 4) is 0 Å². The second-order valence-electron chi connectivity index (χ2n) is 5.48. The summed E-state index contributed by atoms with van der Waals surface area (Å²) in [7, 11) is 0. The zero-order valence-electron chi connectivity index (χ0n) is 13.6. The van der Waals surface area contributed by atoms with Gasteiger partial charge in [-0.05, 0) is 43.4 Å². The number of hydrogen-bond donors (Lipinski definition) is 0. The zero-order valence-corrected chi connectivity index (χ0v) is 14.4. The smallest absolute Gasteiger partial charge is 0.341 e. The highest BCUT2D eigenvalue weighted by atomic mass is 32.2. The quantitative estimate of drug-likeness (QED) is 0.631. The summed E-state index contributed by atoms with van der Waals surface area (Å²) >= 11 is 1.37. The lowest BCUT2D eigenvalue weighted by atomic mass is 10.2. The van der Waals surface area contributed by atoms with Gasteiger partial charge in [0, 0.05) is 18.4 Å². The molecule has 124 valence electrons. The molecule has 1 atom stereocenters. The van der Waals surface area contributed by atoms with E-state index in [0.29, 0.717) is 17.1 Å². The summed E-state index contributed by atoms with van der Waals surface area (Å²) in [6.07, 6.45) is 3.44. The Labute approximate surface area is 145 Å². The average molecular weight is 342 g/mol. The summed E-state index contributed by atoms with van der Waals surface area (Å²) in [5, 5.41) is 0.591. The van der Waals surface area contributed by atoms with Crippen LogP contribution in [0.25, 0.3) is 0 Å². The first-order chi connectivity index (χ1) is 11.6. The summed E-state index contributed by atoms with van der Waals surface area (Å²) in [4.78, 5) is 30.8. The molecule has 5 nitrogen and oxygen atoms in total. The minimum Gasteiger partial charge on any atom is -0.449 e. The second kappa shape index (κ2) is 7.05. The first-order valence-electron chi connectivity index (χ1n) is 7.71. The minimum absolute atomic E-state index is 0.206. The van der Waals surface area contributed by atoms with Gasteiger partial charge in [-0.25, -0.2) is 9.78 Å². The monoisotopic (exact) mass is 342 g/mol. The van der Waals surface area contributed by atoms with Gasteiger partial charge in [-0.1, -0.05) is 18.2 Å². The van der Waals surface area contributed by atoms with Crippen LogP contribution in [0, 0.1) is 0 Å². The lowest BCUT2D eigenvalue weighted by Gasteiger charge is -2.21. The van der Waals surface area contributed by atoms with E-state index in [1.807, 2.05) is 30.5 Å². The van der Waals surface area contributed by atoms with Gasteiger partial charge in [0.25, 0.3) is 5.91 Å². The molecular formula is C18H18N2O3S. The lowest BCUT2D eigenvalue weighted by Crippen LogP contribution is -2.39. The van der Waals surface area contributed by atoms with Crippen LogP contribution in [-0.2, 0) is 16.0 Å². The standard InChI is InChI=1S/C18H18N2O3S/c1-12(23-18(22)14-7-5-10-19-16(14)24-2)17(21)20-11-9-13-6-3-4-8-15(13)20/h3-8,10,12H,9,11H2,1-2H3. The molecule has 0 aliphatic carbocycles. The maximum atomic E-state index is 12.7. The molecular weight excluding hydrogens is 324 g/mol. The molecule has 0 spiro atoms. The summed E-state index contributed by atoms with van der Waals surface area (Å²) < 4.78 is 5.38. The van der Waals surface area contributed by atoms with Crippen molar-refractivity contribution in [2.75, 3.05) is 17.7 Å². The van der Waals surface area contributed by atoms with Gasteiger partial charge in [-0.15, -0.1) is 11.8 Å². The maximum Gasteiger partial charge on any atom is 0.341 e. The molecule has 0 fully saturated rings. The number of esters is 1. The van der Waals surface area contributed by atoms with E-state index < -0.39 is 12.1 Å². The van der Waals surface area contributed by atoms with Crippen LogP contribution in [0.2, 0.25) is 0 Å². The Balaban J connectivity index is 1.72. The van der Waals surface area contributed by atoms with Crippen molar-refractivity contribution in [1.29, 1.82) is 0 Å². The number of carbonyl (C=O) groups excluding carboxylic acids is 2. The molecule has 24 heavy (non-hydrogen) atoms. The molecule has 6 heteroatoms. The van der Waals surface area contributed by atoms with E-state index in [1.54, 1.807) is 30.2 Å². The maximum absolute atomic E-state index is 12.7. The molecule has 0 saturated heterocycles. The Morgan fingerprint density at radius 1 is 1.25 bits per heavy atom. The minimum atomic E-state index is -0.849. The molecule has 1 aromatic carbocycles. The molecule has 1 unspecified atom stereocenters. The number of aromatic nitrogens is 1. The number of fused-ring (bicyclic) bond motifs is 1. The number of benzene rings is 1. The number of pyridine rings is 1. The van der Waals surface area contributed by atoms with Gasteiger partial charge in [0.1, 0.15) is 5.03 Å². The molecule has 1 aliphatic heterocycles. The van der Waals surface area contributed by atoms with Crippen molar-refractivity contribution >= 4 is 29.3 Å². The SMILES string of the molecule is CSc1ncccc1C(=O)OC(C)C(=O)N1CCc2ccccc21. The average Bonchev–Trinajstić information content (AvgIpc) is 3.04. The number of hydrogen-bond acceptors (Lipinski definition) is 5. The molecule has 0 N–H and O–H groups in total. The normalized spacial score (nSPS) is 14.2. The third-order valence-electron chi connectivity index (χ3n) is 3.97. The molecule has 3 rings (SSSR count). The second-order valence-corrected chi connectivity index (χ2v) is 6.27. The fourth-order valence-corrected chi connectivity index (χ4v) is 3.31. The summed E-state index contributed by atoms with van der Waals surface area (Å²) in [6, 6.07) is 11.1. The van der Waals surface area contributed by atoms with Gasteiger partial charge in [0.15, 0.2) is 6.10 Å². The highest BCUT2D eigenvalue weighted by Gasteiger charge is 2.30. The molecule has 0 bridgehead atoms. The van der Waals surface area contributed by atoms with Crippen molar-refractivity contribution in [2.45, 2.75) is 24.5 Å². The predicted molar refractivity (Wildman–Crippen MR) is 93.4 cm³/mol. The summed E-state index contributed by atoms with van der Waals surface area (Å²) in [6.45, 7) is 2.22. The number of amides is 1. The molecule has 2 aromatic rings. The van der Waals surface area contributed by atoms with Gasteiger partial charge in [-0.3, -0.25) is 4.79 Å². The first kappa shape index (κ1) is 16.5. The van der Waals surface area contributed by atoms with E-state index in [2.05, 4.69) is 4.98 Å². The third kappa shape index (κ3) is 3.14. The van der Waals surface area contributed by atoms with Crippen LogP contribution in [0.4, 0.5) is 5.69 Å². The fourth-order valence-electron chi connectivity index (χ4n) is 2.77. The van der Waals surface area contributed by atoms with E-state index in [9.17, 15) is 9.59 Å². The highest BCUT2D eigenvalue weighted by Crippen LogP contribution is 2.28. The number of thioether (sulfide) groups is 1. The van der Waals surface area contributed by atoms with Crippen molar-refractivity contribution in [3.05, 3.63) is 53.7 Å².